The zero-order valence-corrected chi connectivity index (χ0v) is 15.9. The molecule has 0 spiro atoms. The lowest BCUT2D eigenvalue weighted by Crippen LogP contribution is -2.20. The lowest BCUT2D eigenvalue weighted by Gasteiger charge is -2.13. The van der Waals surface area contributed by atoms with E-state index in [1.807, 2.05) is 50.3 Å². The van der Waals surface area contributed by atoms with Gasteiger partial charge in [0.15, 0.2) is 18.1 Å². The van der Waals surface area contributed by atoms with Crippen molar-refractivity contribution in [2.75, 3.05) is 19.0 Å². The molecule has 7 nitrogen and oxygen atoms in total. The summed E-state index contributed by atoms with van der Waals surface area (Å²) in [6.07, 6.45) is 5.15. The van der Waals surface area contributed by atoms with Crippen molar-refractivity contribution in [1.82, 2.24) is 10.2 Å². The summed E-state index contributed by atoms with van der Waals surface area (Å²) in [6, 6.07) is 11.0. The van der Waals surface area contributed by atoms with Crippen LogP contribution < -0.4 is 14.8 Å². The third-order valence-electron chi connectivity index (χ3n) is 4.02. The van der Waals surface area contributed by atoms with Gasteiger partial charge in [-0.15, -0.1) is 10.2 Å². The Morgan fingerprint density at radius 1 is 1.21 bits per heavy atom. The van der Waals surface area contributed by atoms with Crippen molar-refractivity contribution >= 4 is 17.7 Å². The number of nitrogens with one attached hydrogen (secondary N) is 1. The topological polar surface area (TPSA) is 86.5 Å². The number of allylic oxidation sites excluding steroid dienone is 1. The highest BCUT2D eigenvalue weighted by molar-refractivity contribution is 5.93. The molecule has 1 amide bonds. The average Bonchev–Trinajstić information content (AvgIpc) is 3.23. The second kappa shape index (κ2) is 8.85. The molecule has 1 heterocycles. The standard InChI is InChI=1S/C21H21N3O4/c1-4-5-15-7-9-18(19(10-15)26-3)27-12-20(25)23-17-11-16(8-6-14(17)2)21-24-22-13-28-21/h4-11,13H,12H2,1-3H3,(H,23,25). The Morgan fingerprint density at radius 3 is 2.79 bits per heavy atom. The first-order chi connectivity index (χ1) is 13.6. The van der Waals surface area contributed by atoms with Crippen LogP contribution in [0.3, 0.4) is 0 Å². The number of anilines is 1. The van der Waals surface area contributed by atoms with Crippen LogP contribution in [0.2, 0.25) is 0 Å². The first-order valence-electron chi connectivity index (χ1n) is 8.71. The number of rotatable bonds is 7. The molecule has 28 heavy (non-hydrogen) atoms. The van der Waals surface area contributed by atoms with Crippen LogP contribution in [0.1, 0.15) is 18.1 Å². The summed E-state index contributed by atoms with van der Waals surface area (Å²) in [5, 5.41) is 10.4. The van der Waals surface area contributed by atoms with Crippen LogP contribution >= 0.6 is 0 Å². The summed E-state index contributed by atoms with van der Waals surface area (Å²) < 4.78 is 16.2. The summed E-state index contributed by atoms with van der Waals surface area (Å²) >= 11 is 0. The van der Waals surface area contributed by atoms with Crippen molar-refractivity contribution in [1.29, 1.82) is 0 Å². The van der Waals surface area contributed by atoms with Crippen LogP contribution in [-0.4, -0.2) is 29.8 Å². The van der Waals surface area contributed by atoms with E-state index in [-0.39, 0.29) is 12.5 Å². The number of aromatic nitrogens is 2. The van der Waals surface area contributed by atoms with Gasteiger partial charge in [-0.3, -0.25) is 4.79 Å². The van der Waals surface area contributed by atoms with Gasteiger partial charge in [-0.05, 0) is 49.2 Å². The number of carbonyl (C=O) groups excluding carboxylic acids is 1. The Hall–Kier alpha value is -3.61. The van der Waals surface area contributed by atoms with E-state index < -0.39 is 0 Å². The molecule has 0 unspecified atom stereocenters. The predicted octanol–water partition coefficient (Wildman–Crippen LogP) is 4.10. The van der Waals surface area contributed by atoms with Crippen LogP contribution in [0.4, 0.5) is 5.69 Å². The van der Waals surface area contributed by atoms with Gasteiger partial charge in [-0.2, -0.15) is 0 Å². The van der Waals surface area contributed by atoms with Gasteiger partial charge in [0.2, 0.25) is 12.3 Å². The van der Waals surface area contributed by atoms with E-state index in [2.05, 4.69) is 15.5 Å². The Kier molecular flexibility index (Phi) is 6.06. The lowest BCUT2D eigenvalue weighted by molar-refractivity contribution is -0.118. The molecule has 3 rings (SSSR count). The molecule has 1 N–H and O–H groups in total. The number of hydrogen-bond donors (Lipinski definition) is 1. The third-order valence-corrected chi connectivity index (χ3v) is 4.02. The fourth-order valence-electron chi connectivity index (χ4n) is 2.62. The van der Waals surface area contributed by atoms with Crippen molar-refractivity contribution in [2.24, 2.45) is 0 Å². The molecule has 0 saturated heterocycles. The lowest BCUT2D eigenvalue weighted by atomic mass is 10.1. The molecule has 0 bridgehead atoms. The number of aryl methyl sites for hydroxylation is 1. The van der Waals surface area contributed by atoms with Crippen LogP contribution in [0.5, 0.6) is 11.5 Å². The second-order valence-electron chi connectivity index (χ2n) is 6.02. The summed E-state index contributed by atoms with van der Waals surface area (Å²) in [6.45, 7) is 3.69. The Bertz CT molecular complexity index is 981. The molecule has 0 aliphatic carbocycles. The Morgan fingerprint density at radius 2 is 2.07 bits per heavy atom. The molecule has 7 heteroatoms. The van der Waals surface area contributed by atoms with E-state index >= 15 is 0 Å². The zero-order chi connectivity index (χ0) is 19.9. The van der Waals surface area contributed by atoms with Gasteiger partial charge in [0.25, 0.3) is 5.91 Å². The molecule has 1 aromatic heterocycles. The van der Waals surface area contributed by atoms with Crippen LogP contribution in [-0.2, 0) is 4.79 Å². The average molecular weight is 379 g/mol. The van der Waals surface area contributed by atoms with E-state index in [0.29, 0.717) is 23.1 Å². The van der Waals surface area contributed by atoms with Gasteiger partial charge in [-0.1, -0.05) is 24.3 Å². The minimum absolute atomic E-state index is 0.149. The minimum atomic E-state index is -0.287. The highest BCUT2D eigenvalue weighted by atomic mass is 16.5. The van der Waals surface area contributed by atoms with Gasteiger partial charge in [0, 0.05) is 11.3 Å². The number of carbonyl (C=O) groups is 1. The van der Waals surface area contributed by atoms with E-state index in [1.54, 1.807) is 19.2 Å². The quantitative estimate of drug-likeness (QED) is 0.665. The van der Waals surface area contributed by atoms with E-state index in [9.17, 15) is 4.79 Å². The largest absolute Gasteiger partial charge is 0.493 e. The van der Waals surface area contributed by atoms with Crippen molar-refractivity contribution in [2.45, 2.75) is 13.8 Å². The van der Waals surface area contributed by atoms with Gasteiger partial charge in [0.05, 0.1) is 7.11 Å². The molecule has 0 radical (unpaired) electrons. The second-order valence-corrected chi connectivity index (χ2v) is 6.02. The van der Waals surface area contributed by atoms with Crippen molar-refractivity contribution in [3.05, 3.63) is 60.0 Å². The monoisotopic (exact) mass is 379 g/mol. The summed E-state index contributed by atoms with van der Waals surface area (Å²) in [7, 11) is 1.56. The first-order valence-corrected chi connectivity index (χ1v) is 8.71. The van der Waals surface area contributed by atoms with Crippen LogP contribution in [0.15, 0.2) is 53.3 Å². The van der Waals surface area contributed by atoms with E-state index in [4.69, 9.17) is 13.9 Å². The summed E-state index contributed by atoms with van der Waals surface area (Å²) in [5.41, 5.74) is 3.27. The maximum atomic E-state index is 12.4. The molecule has 2 aromatic carbocycles. The molecule has 3 aromatic rings. The van der Waals surface area contributed by atoms with Gasteiger partial charge in [-0.25, -0.2) is 0 Å². The number of nitrogens with zero attached hydrogens (tertiary/aromatic N) is 2. The number of amides is 1. The fourth-order valence-corrected chi connectivity index (χ4v) is 2.62. The molecule has 0 fully saturated rings. The molecule has 0 atom stereocenters. The third kappa shape index (κ3) is 4.56. The molecular formula is C21H21N3O4. The molecular weight excluding hydrogens is 358 g/mol. The summed E-state index contributed by atoms with van der Waals surface area (Å²) in [5.74, 6) is 1.17. The maximum Gasteiger partial charge on any atom is 0.262 e. The molecule has 0 aliphatic rings. The molecule has 144 valence electrons. The van der Waals surface area contributed by atoms with Crippen LogP contribution in [0, 0.1) is 6.92 Å². The minimum Gasteiger partial charge on any atom is -0.493 e. The molecule has 0 saturated carbocycles. The predicted molar refractivity (Wildman–Crippen MR) is 106 cm³/mol. The van der Waals surface area contributed by atoms with E-state index in [1.165, 1.54) is 6.39 Å². The Balaban J connectivity index is 1.67. The fraction of sp³-hybridized carbons (Fsp3) is 0.190. The van der Waals surface area contributed by atoms with Crippen LogP contribution in [0.25, 0.3) is 17.5 Å². The first kappa shape index (κ1) is 19.2. The number of hydrogen-bond acceptors (Lipinski definition) is 6. The smallest absolute Gasteiger partial charge is 0.262 e. The van der Waals surface area contributed by atoms with Crippen molar-refractivity contribution < 1.29 is 18.7 Å². The number of methoxy groups -OCH3 is 1. The highest BCUT2D eigenvalue weighted by Crippen LogP contribution is 2.29. The van der Waals surface area contributed by atoms with E-state index in [0.717, 1.165) is 16.7 Å². The number of ether oxygens (including phenoxy) is 2. The SMILES string of the molecule is CC=Cc1ccc(OCC(=O)Nc2cc(-c3nnco3)ccc2C)c(OC)c1. The van der Waals surface area contributed by atoms with Crippen molar-refractivity contribution in [3.8, 4) is 23.0 Å². The highest BCUT2D eigenvalue weighted by Gasteiger charge is 2.11. The maximum absolute atomic E-state index is 12.4. The van der Waals surface area contributed by atoms with Gasteiger partial charge >= 0.3 is 0 Å². The summed E-state index contributed by atoms with van der Waals surface area (Å²) in [4.78, 5) is 12.4. The zero-order valence-electron chi connectivity index (χ0n) is 15.9. The number of benzene rings is 2. The molecule has 0 aliphatic heterocycles. The van der Waals surface area contributed by atoms with Crippen molar-refractivity contribution in [3.63, 3.8) is 0 Å². The van der Waals surface area contributed by atoms with Gasteiger partial charge in [0.1, 0.15) is 0 Å². The van der Waals surface area contributed by atoms with Gasteiger partial charge < -0.3 is 19.2 Å². The Labute approximate surface area is 163 Å². The normalized spacial score (nSPS) is 10.8.